The first-order valence-electron chi connectivity index (χ1n) is 7.10. The smallest absolute Gasteiger partial charge is 0.204 e. The van der Waals surface area contributed by atoms with Gasteiger partial charge in [0.2, 0.25) is 5.76 Å². The highest BCUT2D eigenvalue weighted by Gasteiger charge is 2.43. The number of fused-ring (bicyclic) bond motifs is 3. The van der Waals surface area contributed by atoms with E-state index in [9.17, 15) is 0 Å². The van der Waals surface area contributed by atoms with Gasteiger partial charge in [-0.15, -0.1) is 0 Å². The quantitative estimate of drug-likeness (QED) is 0.905. The van der Waals surface area contributed by atoms with Gasteiger partial charge in [0, 0.05) is 30.1 Å². The van der Waals surface area contributed by atoms with Crippen molar-refractivity contribution in [2.24, 2.45) is 5.92 Å². The van der Waals surface area contributed by atoms with Crippen molar-refractivity contribution in [1.82, 2.24) is 9.88 Å². The van der Waals surface area contributed by atoms with E-state index in [4.69, 9.17) is 9.68 Å². The van der Waals surface area contributed by atoms with Crippen molar-refractivity contribution < 1.29 is 4.42 Å². The van der Waals surface area contributed by atoms with Gasteiger partial charge < -0.3 is 14.6 Å². The van der Waals surface area contributed by atoms with Crippen molar-refractivity contribution in [2.45, 2.75) is 24.9 Å². The van der Waals surface area contributed by atoms with Gasteiger partial charge in [-0.1, -0.05) is 0 Å². The summed E-state index contributed by atoms with van der Waals surface area (Å²) < 4.78 is 6.27. The second-order valence-corrected chi connectivity index (χ2v) is 6.79. The van der Waals surface area contributed by atoms with Crippen molar-refractivity contribution in [3.05, 3.63) is 22.5 Å². The van der Waals surface area contributed by atoms with Crippen molar-refractivity contribution in [3.63, 3.8) is 0 Å². The first kappa shape index (κ1) is 13.1. The summed E-state index contributed by atoms with van der Waals surface area (Å²) in [6, 6.07) is 4.96. The zero-order chi connectivity index (χ0) is 14.6. The standard InChI is InChI=1S/C15H15BrN4O/c1-20-7-8-2-9(20)3-12(8)19-15-14(16)11-4-10(5-17)21-13(11)6-18-15/h4,6,8-9,12H,2-3,7H2,1H3,(H,18,19). The van der Waals surface area contributed by atoms with Gasteiger partial charge in [0.25, 0.3) is 0 Å². The number of likely N-dealkylation sites (tertiary alicyclic amines) is 1. The number of hydrogen-bond acceptors (Lipinski definition) is 5. The number of furan rings is 1. The second kappa shape index (κ2) is 4.72. The normalized spacial score (nSPS) is 28.1. The van der Waals surface area contributed by atoms with E-state index in [1.54, 1.807) is 12.3 Å². The van der Waals surface area contributed by atoms with Crippen molar-refractivity contribution in [3.8, 4) is 6.07 Å². The molecule has 0 radical (unpaired) electrons. The van der Waals surface area contributed by atoms with Crippen molar-refractivity contribution in [2.75, 3.05) is 18.9 Å². The lowest BCUT2D eigenvalue weighted by molar-refractivity contribution is 0.250. The first-order valence-corrected chi connectivity index (χ1v) is 7.90. The van der Waals surface area contributed by atoms with Crippen LogP contribution in [-0.4, -0.2) is 35.6 Å². The molecule has 3 heterocycles. The Bertz CT molecular complexity index is 748. The van der Waals surface area contributed by atoms with E-state index in [0.717, 1.165) is 22.2 Å². The zero-order valence-electron chi connectivity index (χ0n) is 11.6. The molecule has 2 fully saturated rings. The molecule has 1 saturated carbocycles. The lowest BCUT2D eigenvalue weighted by Crippen LogP contribution is -2.38. The number of rotatable bonds is 2. The topological polar surface area (TPSA) is 65.1 Å². The molecule has 3 atom stereocenters. The Morgan fingerprint density at radius 2 is 2.38 bits per heavy atom. The monoisotopic (exact) mass is 346 g/mol. The van der Waals surface area contributed by atoms with E-state index >= 15 is 0 Å². The lowest BCUT2D eigenvalue weighted by atomic mass is 10.0. The Balaban J connectivity index is 1.63. The Hall–Kier alpha value is -1.58. The summed E-state index contributed by atoms with van der Waals surface area (Å²) in [6.45, 7) is 1.16. The number of nitrogens with one attached hydrogen (secondary N) is 1. The van der Waals surface area contributed by atoms with E-state index in [0.29, 0.717) is 29.3 Å². The fraction of sp³-hybridized carbons (Fsp3) is 0.467. The van der Waals surface area contributed by atoms with Crippen LogP contribution >= 0.6 is 15.9 Å². The molecule has 4 rings (SSSR count). The largest absolute Gasteiger partial charge is 0.444 e. The Kier molecular flexibility index (Phi) is 2.95. The van der Waals surface area contributed by atoms with Crippen LogP contribution in [0.2, 0.25) is 0 Å². The third-order valence-corrected chi connectivity index (χ3v) is 5.57. The van der Waals surface area contributed by atoms with Crippen molar-refractivity contribution in [1.29, 1.82) is 5.26 Å². The van der Waals surface area contributed by atoms with Crippen LogP contribution in [0.25, 0.3) is 11.0 Å². The molecular weight excluding hydrogens is 332 g/mol. The van der Waals surface area contributed by atoms with E-state index in [2.05, 4.69) is 38.2 Å². The second-order valence-electron chi connectivity index (χ2n) is 6.00. The van der Waals surface area contributed by atoms with E-state index < -0.39 is 0 Å². The Morgan fingerprint density at radius 3 is 3.05 bits per heavy atom. The number of piperidine rings is 1. The maximum atomic E-state index is 8.93. The first-order chi connectivity index (χ1) is 10.2. The van der Waals surface area contributed by atoms with Gasteiger partial charge in [-0.2, -0.15) is 5.26 Å². The number of anilines is 1. The number of halogens is 1. The summed E-state index contributed by atoms with van der Waals surface area (Å²) in [7, 11) is 2.20. The zero-order valence-corrected chi connectivity index (χ0v) is 13.2. The average Bonchev–Trinajstić information content (AvgIpc) is 3.15. The SMILES string of the molecule is CN1CC2CC1CC2Nc1ncc2oc(C#N)cc2c1Br. The lowest BCUT2D eigenvalue weighted by Gasteiger charge is -2.29. The predicted molar refractivity (Wildman–Crippen MR) is 83.0 cm³/mol. The molecule has 0 spiro atoms. The highest BCUT2D eigenvalue weighted by atomic mass is 79.9. The summed E-state index contributed by atoms with van der Waals surface area (Å²) >= 11 is 3.59. The van der Waals surface area contributed by atoms with Gasteiger partial charge in [0.05, 0.1) is 10.7 Å². The molecule has 0 amide bonds. The molecule has 1 N–H and O–H groups in total. The van der Waals surface area contributed by atoms with Gasteiger partial charge >= 0.3 is 0 Å². The van der Waals surface area contributed by atoms with E-state index in [1.807, 2.05) is 6.07 Å². The third-order valence-electron chi connectivity index (χ3n) is 4.76. The third kappa shape index (κ3) is 2.03. The molecule has 2 aromatic rings. The van der Waals surface area contributed by atoms with Crippen LogP contribution in [0.15, 0.2) is 21.2 Å². The highest BCUT2D eigenvalue weighted by Crippen LogP contribution is 2.40. The van der Waals surface area contributed by atoms with Crippen LogP contribution in [0.1, 0.15) is 18.6 Å². The van der Waals surface area contributed by atoms with Crippen LogP contribution in [0, 0.1) is 17.2 Å². The molecule has 21 heavy (non-hydrogen) atoms. The number of nitriles is 1. The number of nitrogens with zero attached hydrogens (tertiary/aromatic N) is 3. The molecule has 1 saturated heterocycles. The number of pyridine rings is 1. The van der Waals surface area contributed by atoms with Crippen LogP contribution in [0.4, 0.5) is 5.82 Å². The molecule has 0 aromatic carbocycles. The summed E-state index contributed by atoms with van der Waals surface area (Å²) in [6.07, 6.45) is 4.13. The molecule has 2 aliphatic rings. The molecule has 2 bridgehead atoms. The summed E-state index contributed by atoms with van der Waals surface area (Å²) in [5.74, 6) is 1.85. The van der Waals surface area contributed by atoms with Crippen molar-refractivity contribution >= 4 is 32.7 Å². The summed E-state index contributed by atoms with van der Waals surface area (Å²) in [5.41, 5.74) is 0.636. The van der Waals surface area contributed by atoms with Gasteiger partial charge in [-0.05, 0) is 41.7 Å². The van der Waals surface area contributed by atoms with Crippen LogP contribution < -0.4 is 5.32 Å². The van der Waals surface area contributed by atoms with Crippen LogP contribution in [-0.2, 0) is 0 Å². The highest BCUT2D eigenvalue weighted by molar-refractivity contribution is 9.10. The fourth-order valence-corrected chi connectivity index (χ4v) is 4.19. The van der Waals surface area contributed by atoms with Gasteiger partial charge in [-0.25, -0.2) is 4.98 Å². The van der Waals surface area contributed by atoms with Gasteiger partial charge in [0.15, 0.2) is 5.58 Å². The Morgan fingerprint density at radius 1 is 1.52 bits per heavy atom. The molecule has 1 aliphatic heterocycles. The van der Waals surface area contributed by atoms with E-state index in [-0.39, 0.29) is 0 Å². The number of hydrogen-bond donors (Lipinski definition) is 1. The molecule has 5 nitrogen and oxygen atoms in total. The predicted octanol–water partition coefficient (Wildman–Crippen LogP) is 2.97. The minimum Gasteiger partial charge on any atom is -0.444 e. The minimum atomic E-state index is 0.311. The maximum absolute atomic E-state index is 8.93. The summed E-state index contributed by atoms with van der Waals surface area (Å²) in [4.78, 5) is 6.89. The average molecular weight is 347 g/mol. The minimum absolute atomic E-state index is 0.311. The Labute approximate surface area is 131 Å². The molecule has 6 heteroatoms. The van der Waals surface area contributed by atoms with Gasteiger partial charge in [0.1, 0.15) is 11.9 Å². The summed E-state index contributed by atoms with van der Waals surface area (Å²) in [5, 5.41) is 13.4. The molecule has 2 aromatic heterocycles. The van der Waals surface area contributed by atoms with Crippen LogP contribution in [0.5, 0.6) is 0 Å². The molecule has 3 unspecified atom stereocenters. The number of aromatic nitrogens is 1. The molecular formula is C15H15BrN4O. The van der Waals surface area contributed by atoms with Crippen LogP contribution in [0.3, 0.4) is 0 Å². The van der Waals surface area contributed by atoms with E-state index in [1.165, 1.54) is 12.8 Å². The maximum Gasteiger partial charge on any atom is 0.204 e. The van der Waals surface area contributed by atoms with Gasteiger partial charge in [-0.3, -0.25) is 0 Å². The molecule has 108 valence electrons. The fourth-order valence-electron chi connectivity index (χ4n) is 3.66. The molecule has 1 aliphatic carbocycles.